The molecule has 2 aromatic rings. The maximum atomic E-state index is 12.4. The smallest absolute Gasteiger partial charge is 0.226 e. The van der Waals surface area contributed by atoms with E-state index >= 15 is 0 Å². The van der Waals surface area contributed by atoms with E-state index in [1.54, 1.807) is 0 Å². The zero-order valence-electron chi connectivity index (χ0n) is 12.7. The Morgan fingerprint density at radius 3 is 2.45 bits per heavy atom. The van der Waals surface area contributed by atoms with Crippen molar-refractivity contribution in [3.63, 3.8) is 0 Å². The van der Waals surface area contributed by atoms with Crippen molar-refractivity contribution in [2.45, 2.75) is 25.2 Å². The van der Waals surface area contributed by atoms with Gasteiger partial charge in [0.05, 0.1) is 6.42 Å². The van der Waals surface area contributed by atoms with E-state index < -0.39 is 0 Å². The molecule has 1 saturated heterocycles. The quantitative estimate of drug-likeness (QED) is 0.884. The van der Waals surface area contributed by atoms with Gasteiger partial charge in [-0.3, -0.25) is 4.79 Å². The summed E-state index contributed by atoms with van der Waals surface area (Å²) in [6.45, 7) is 1.70. The summed E-state index contributed by atoms with van der Waals surface area (Å²) in [6.07, 6.45) is 2.54. The first-order chi connectivity index (χ1) is 10.7. The molecule has 1 aliphatic heterocycles. The minimum Gasteiger partial charge on any atom is -0.399 e. The molecule has 114 valence electrons. The lowest BCUT2D eigenvalue weighted by molar-refractivity contribution is -0.131. The summed E-state index contributed by atoms with van der Waals surface area (Å²) >= 11 is 0. The van der Waals surface area contributed by atoms with Crippen LogP contribution < -0.4 is 5.73 Å². The molecule has 0 spiro atoms. The van der Waals surface area contributed by atoms with Crippen molar-refractivity contribution in [1.29, 1.82) is 0 Å². The number of amides is 1. The Balaban J connectivity index is 1.56. The molecule has 0 atom stereocenters. The molecule has 3 nitrogen and oxygen atoms in total. The van der Waals surface area contributed by atoms with Crippen LogP contribution in [0.4, 0.5) is 5.69 Å². The number of hydrogen-bond donors (Lipinski definition) is 1. The van der Waals surface area contributed by atoms with Crippen molar-refractivity contribution >= 4 is 11.6 Å². The maximum Gasteiger partial charge on any atom is 0.226 e. The molecule has 1 heterocycles. The third kappa shape index (κ3) is 3.48. The number of carbonyl (C=O) groups excluding carboxylic acids is 1. The normalized spacial score (nSPS) is 15.7. The van der Waals surface area contributed by atoms with Crippen LogP contribution in [0.25, 0.3) is 0 Å². The van der Waals surface area contributed by atoms with Crippen LogP contribution in [0.15, 0.2) is 54.6 Å². The van der Waals surface area contributed by atoms with Gasteiger partial charge in [0.25, 0.3) is 0 Å². The standard InChI is InChI=1S/C19H22N2O/c20-18-8-4-5-15(13-18)14-19(22)21-11-9-17(10-12-21)16-6-2-1-3-7-16/h1-8,13,17H,9-12,14,20H2. The Morgan fingerprint density at radius 1 is 1.05 bits per heavy atom. The second-order valence-corrected chi connectivity index (χ2v) is 5.99. The van der Waals surface area contributed by atoms with E-state index in [2.05, 4.69) is 24.3 Å². The Bertz CT molecular complexity index is 631. The molecule has 22 heavy (non-hydrogen) atoms. The van der Waals surface area contributed by atoms with Gasteiger partial charge in [-0.2, -0.15) is 0 Å². The summed E-state index contributed by atoms with van der Waals surface area (Å²) in [5.74, 6) is 0.787. The highest BCUT2D eigenvalue weighted by Crippen LogP contribution is 2.28. The van der Waals surface area contributed by atoms with E-state index in [9.17, 15) is 4.79 Å². The summed E-state index contributed by atoms with van der Waals surface area (Å²) in [6, 6.07) is 18.2. The number of piperidine rings is 1. The van der Waals surface area contributed by atoms with E-state index in [0.29, 0.717) is 18.0 Å². The van der Waals surface area contributed by atoms with E-state index in [1.165, 1.54) is 5.56 Å². The molecule has 0 unspecified atom stereocenters. The van der Waals surface area contributed by atoms with Crippen LogP contribution >= 0.6 is 0 Å². The number of benzene rings is 2. The molecular formula is C19H22N2O. The average molecular weight is 294 g/mol. The zero-order chi connectivity index (χ0) is 15.4. The molecule has 2 N–H and O–H groups in total. The largest absolute Gasteiger partial charge is 0.399 e. The fourth-order valence-electron chi connectivity index (χ4n) is 3.18. The number of hydrogen-bond acceptors (Lipinski definition) is 2. The lowest BCUT2D eigenvalue weighted by Crippen LogP contribution is -2.38. The van der Waals surface area contributed by atoms with E-state index in [1.807, 2.05) is 35.2 Å². The SMILES string of the molecule is Nc1cccc(CC(=O)N2CCC(c3ccccc3)CC2)c1. The topological polar surface area (TPSA) is 46.3 Å². The summed E-state index contributed by atoms with van der Waals surface area (Å²) < 4.78 is 0. The molecule has 0 radical (unpaired) electrons. The van der Waals surface area contributed by atoms with Crippen molar-refractivity contribution < 1.29 is 4.79 Å². The molecule has 3 rings (SSSR count). The van der Waals surface area contributed by atoms with Gasteiger partial charge in [-0.1, -0.05) is 42.5 Å². The Labute approximate surface area is 131 Å². The number of nitrogens with zero attached hydrogens (tertiary/aromatic N) is 1. The van der Waals surface area contributed by atoms with Crippen molar-refractivity contribution in [2.24, 2.45) is 0 Å². The predicted octanol–water partition coefficient (Wildman–Crippen LogP) is 3.22. The van der Waals surface area contributed by atoms with Crippen LogP contribution in [0.1, 0.15) is 29.9 Å². The van der Waals surface area contributed by atoms with Crippen molar-refractivity contribution in [3.8, 4) is 0 Å². The van der Waals surface area contributed by atoms with Crippen LogP contribution in [-0.2, 0) is 11.2 Å². The van der Waals surface area contributed by atoms with Gasteiger partial charge >= 0.3 is 0 Å². The molecule has 3 heteroatoms. The number of anilines is 1. The molecule has 0 bridgehead atoms. The van der Waals surface area contributed by atoms with Crippen molar-refractivity contribution in [3.05, 3.63) is 65.7 Å². The van der Waals surface area contributed by atoms with Gasteiger partial charge in [-0.05, 0) is 42.0 Å². The van der Waals surface area contributed by atoms with Gasteiger partial charge in [0.15, 0.2) is 0 Å². The minimum atomic E-state index is 0.206. The summed E-state index contributed by atoms with van der Waals surface area (Å²) in [5, 5.41) is 0. The summed E-state index contributed by atoms with van der Waals surface area (Å²) in [5.41, 5.74) is 8.88. The van der Waals surface area contributed by atoms with Gasteiger partial charge in [0.2, 0.25) is 5.91 Å². The number of rotatable bonds is 3. The first-order valence-corrected chi connectivity index (χ1v) is 7.89. The Morgan fingerprint density at radius 2 is 1.77 bits per heavy atom. The van der Waals surface area contributed by atoms with Gasteiger partial charge < -0.3 is 10.6 Å². The van der Waals surface area contributed by atoms with Crippen LogP contribution in [-0.4, -0.2) is 23.9 Å². The molecule has 0 aromatic heterocycles. The predicted molar refractivity (Wildman–Crippen MR) is 89.6 cm³/mol. The fourth-order valence-corrected chi connectivity index (χ4v) is 3.18. The lowest BCUT2D eigenvalue weighted by atomic mass is 9.89. The second-order valence-electron chi connectivity index (χ2n) is 5.99. The molecule has 1 amide bonds. The first-order valence-electron chi connectivity index (χ1n) is 7.89. The molecular weight excluding hydrogens is 272 g/mol. The molecule has 1 aliphatic rings. The monoisotopic (exact) mass is 294 g/mol. The third-order valence-electron chi connectivity index (χ3n) is 4.43. The second kappa shape index (κ2) is 6.65. The van der Waals surface area contributed by atoms with Crippen LogP contribution in [0.3, 0.4) is 0 Å². The zero-order valence-corrected chi connectivity index (χ0v) is 12.7. The van der Waals surface area contributed by atoms with Crippen molar-refractivity contribution in [2.75, 3.05) is 18.8 Å². The Hall–Kier alpha value is -2.29. The third-order valence-corrected chi connectivity index (χ3v) is 4.43. The van der Waals surface area contributed by atoms with E-state index in [0.717, 1.165) is 31.5 Å². The highest BCUT2D eigenvalue weighted by Gasteiger charge is 2.23. The summed E-state index contributed by atoms with van der Waals surface area (Å²) in [4.78, 5) is 14.4. The highest BCUT2D eigenvalue weighted by molar-refractivity contribution is 5.79. The number of carbonyl (C=O) groups is 1. The molecule has 0 saturated carbocycles. The van der Waals surface area contributed by atoms with Crippen LogP contribution in [0.5, 0.6) is 0 Å². The maximum absolute atomic E-state index is 12.4. The van der Waals surface area contributed by atoms with Gasteiger partial charge in [0, 0.05) is 18.8 Å². The van der Waals surface area contributed by atoms with Gasteiger partial charge in [-0.15, -0.1) is 0 Å². The first kappa shape index (κ1) is 14.6. The van der Waals surface area contributed by atoms with Gasteiger partial charge in [-0.25, -0.2) is 0 Å². The number of nitrogen functional groups attached to an aromatic ring is 1. The number of nitrogens with two attached hydrogens (primary N) is 1. The Kier molecular flexibility index (Phi) is 4.42. The van der Waals surface area contributed by atoms with Crippen LogP contribution in [0, 0.1) is 0 Å². The lowest BCUT2D eigenvalue weighted by Gasteiger charge is -2.32. The highest BCUT2D eigenvalue weighted by atomic mass is 16.2. The van der Waals surface area contributed by atoms with Crippen LogP contribution in [0.2, 0.25) is 0 Å². The fraction of sp³-hybridized carbons (Fsp3) is 0.316. The summed E-state index contributed by atoms with van der Waals surface area (Å²) in [7, 11) is 0. The molecule has 0 aliphatic carbocycles. The van der Waals surface area contributed by atoms with E-state index in [4.69, 9.17) is 5.73 Å². The molecule has 2 aromatic carbocycles. The van der Waals surface area contributed by atoms with Gasteiger partial charge in [0.1, 0.15) is 0 Å². The van der Waals surface area contributed by atoms with E-state index in [-0.39, 0.29) is 5.91 Å². The minimum absolute atomic E-state index is 0.206. The number of likely N-dealkylation sites (tertiary alicyclic amines) is 1. The average Bonchev–Trinajstić information content (AvgIpc) is 2.56. The van der Waals surface area contributed by atoms with Crippen molar-refractivity contribution in [1.82, 2.24) is 4.90 Å². The molecule has 1 fully saturated rings.